The molecule has 0 amide bonds. The van der Waals surface area contributed by atoms with Crippen LogP contribution in [-0.2, 0) is 0 Å². The van der Waals surface area contributed by atoms with Gasteiger partial charge in [-0.05, 0) is 88.3 Å². The molecule has 0 unspecified atom stereocenters. The lowest BCUT2D eigenvalue weighted by molar-refractivity contribution is 1.02. The first-order valence-electron chi connectivity index (χ1n) is 17.8. The lowest BCUT2D eigenvalue weighted by Gasteiger charge is -2.11. The lowest BCUT2D eigenvalue weighted by atomic mass is 10.0. The molecule has 11 aromatic rings. The number of hydrogen-bond acceptors (Lipinski definition) is 3. The standard InChI is InChI=1S/C48H30N4S/c1-3-12-31(13-4-1)32-14-11-15-35(28-32)46-39-26-27-53-47(39)50-48(49-46)52-43-21-10-8-19-38(43)41-30-34(23-25-45(41)52)33-22-24-44-40(29-33)37-18-7-9-20-42(37)51(44)36-16-5-2-6-17-36/h1-30H. The summed E-state index contributed by atoms with van der Waals surface area (Å²) in [4.78, 5) is 11.5. The summed E-state index contributed by atoms with van der Waals surface area (Å²) >= 11 is 1.65. The maximum Gasteiger partial charge on any atom is 0.236 e. The largest absolute Gasteiger partial charge is 0.309 e. The summed E-state index contributed by atoms with van der Waals surface area (Å²) < 4.78 is 4.59. The van der Waals surface area contributed by atoms with E-state index in [0.717, 1.165) is 38.2 Å². The van der Waals surface area contributed by atoms with Gasteiger partial charge in [0.1, 0.15) is 4.83 Å². The van der Waals surface area contributed by atoms with Gasteiger partial charge in [0.2, 0.25) is 5.95 Å². The van der Waals surface area contributed by atoms with Gasteiger partial charge in [0.15, 0.2) is 0 Å². The second-order valence-electron chi connectivity index (χ2n) is 13.5. The number of nitrogens with zero attached hydrogens (tertiary/aromatic N) is 4. The number of hydrogen-bond donors (Lipinski definition) is 0. The molecule has 7 aromatic carbocycles. The van der Waals surface area contributed by atoms with Crippen LogP contribution in [0.2, 0.25) is 0 Å². The van der Waals surface area contributed by atoms with Crippen LogP contribution in [-0.4, -0.2) is 19.1 Å². The summed E-state index contributed by atoms with van der Waals surface area (Å²) in [6.07, 6.45) is 0. The highest BCUT2D eigenvalue weighted by Crippen LogP contribution is 2.39. The molecule has 0 bridgehead atoms. The fraction of sp³-hybridized carbons (Fsp3) is 0. The Balaban J connectivity index is 1.08. The first kappa shape index (κ1) is 29.9. The van der Waals surface area contributed by atoms with E-state index >= 15 is 0 Å². The van der Waals surface area contributed by atoms with Gasteiger partial charge in [-0.15, -0.1) is 11.3 Å². The number of aromatic nitrogens is 4. The lowest BCUT2D eigenvalue weighted by Crippen LogP contribution is -2.02. The van der Waals surface area contributed by atoms with E-state index in [0.29, 0.717) is 5.95 Å². The van der Waals surface area contributed by atoms with E-state index in [1.807, 2.05) is 0 Å². The Bertz CT molecular complexity index is 3170. The fourth-order valence-electron chi connectivity index (χ4n) is 8.02. The second-order valence-corrected chi connectivity index (χ2v) is 14.4. The third kappa shape index (κ3) is 4.75. The summed E-state index contributed by atoms with van der Waals surface area (Å²) in [6, 6.07) is 62.9. The van der Waals surface area contributed by atoms with Crippen molar-refractivity contribution in [1.29, 1.82) is 0 Å². The Hall–Kier alpha value is -6.82. The van der Waals surface area contributed by atoms with Gasteiger partial charge < -0.3 is 4.57 Å². The van der Waals surface area contributed by atoms with E-state index in [-0.39, 0.29) is 0 Å². The van der Waals surface area contributed by atoms with Gasteiger partial charge in [-0.25, -0.2) is 9.97 Å². The molecular formula is C48H30N4S. The maximum atomic E-state index is 5.35. The molecular weight excluding hydrogens is 665 g/mol. The van der Waals surface area contributed by atoms with Crippen molar-refractivity contribution in [3.8, 4) is 45.1 Å². The van der Waals surface area contributed by atoms with Crippen molar-refractivity contribution < 1.29 is 0 Å². The summed E-state index contributed by atoms with van der Waals surface area (Å²) in [5, 5.41) is 8.01. The highest BCUT2D eigenvalue weighted by Gasteiger charge is 2.19. The van der Waals surface area contributed by atoms with Crippen LogP contribution in [0.5, 0.6) is 0 Å². The van der Waals surface area contributed by atoms with Gasteiger partial charge in [0, 0.05) is 38.2 Å². The topological polar surface area (TPSA) is 35.6 Å². The third-order valence-corrected chi connectivity index (χ3v) is 11.3. The van der Waals surface area contributed by atoms with Crippen molar-refractivity contribution >= 4 is 65.2 Å². The van der Waals surface area contributed by atoms with Gasteiger partial charge in [0.25, 0.3) is 0 Å². The monoisotopic (exact) mass is 694 g/mol. The Morgan fingerprint density at radius 3 is 1.62 bits per heavy atom. The van der Waals surface area contributed by atoms with Crippen LogP contribution in [0.1, 0.15) is 0 Å². The Morgan fingerprint density at radius 1 is 0.358 bits per heavy atom. The first-order chi connectivity index (χ1) is 26.3. The number of para-hydroxylation sites is 3. The molecule has 5 heteroatoms. The molecule has 4 heterocycles. The highest BCUT2D eigenvalue weighted by atomic mass is 32.1. The molecule has 0 saturated carbocycles. The van der Waals surface area contributed by atoms with E-state index in [9.17, 15) is 0 Å². The molecule has 0 aliphatic carbocycles. The summed E-state index contributed by atoms with van der Waals surface area (Å²) in [6.45, 7) is 0. The Labute approximate surface area is 309 Å². The summed E-state index contributed by atoms with van der Waals surface area (Å²) in [7, 11) is 0. The van der Waals surface area contributed by atoms with Crippen LogP contribution < -0.4 is 0 Å². The van der Waals surface area contributed by atoms with Crippen molar-refractivity contribution in [3.05, 3.63) is 181 Å². The average Bonchev–Trinajstić information content (AvgIpc) is 3.93. The van der Waals surface area contributed by atoms with E-state index in [2.05, 4.69) is 190 Å². The number of benzene rings is 7. The predicted octanol–water partition coefficient (Wildman–Crippen LogP) is 12.9. The molecule has 0 saturated heterocycles. The van der Waals surface area contributed by atoms with Crippen molar-refractivity contribution in [1.82, 2.24) is 19.1 Å². The molecule has 0 fully saturated rings. The number of thiophene rings is 1. The van der Waals surface area contributed by atoms with Crippen molar-refractivity contribution in [2.24, 2.45) is 0 Å². The minimum absolute atomic E-state index is 0.675. The quantitative estimate of drug-likeness (QED) is 0.180. The van der Waals surface area contributed by atoms with Gasteiger partial charge in [0.05, 0.1) is 27.8 Å². The zero-order chi connectivity index (χ0) is 34.9. The van der Waals surface area contributed by atoms with Crippen molar-refractivity contribution in [2.45, 2.75) is 0 Å². The maximum absolute atomic E-state index is 5.35. The first-order valence-corrected chi connectivity index (χ1v) is 18.7. The molecule has 248 valence electrons. The molecule has 11 rings (SSSR count). The van der Waals surface area contributed by atoms with Crippen LogP contribution in [0, 0.1) is 0 Å². The van der Waals surface area contributed by atoms with E-state index < -0.39 is 0 Å². The van der Waals surface area contributed by atoms with E-state index in [4.69, 9.17) is 9.97 Å². The molecule has 4 aromatic heterocycles. The normalized spacial score (nSPS) is 11.8. The molecule has 0 aliphatic rings. The number of fused-ring (bicyclic) bond motifs is 7. The third-order valence-electron chi connectivity index (χ3n) is 10.4. The predicted molar refractivity (Wildman–Crippen MR) is 222 cm³/mol. The van der Waals surface area contributed by atoms with Crippen LogP contribution in [0.15, 0.2) is 181 Å². The zero-order valence-electron chi connectivity index (χ0n) is 28.5. The Kier molecular flexibility index (Phi) is 6.69. The SMILES string of the molecule is c1ccc(-c2cccc(-c3nc(-n4c5ccccc5c5cc(-c6ccc7c(c6)c6ccccc6n7-c6ccccc6)ccc54)nc4sccc34)c2)cc1. The van der Waals surface area contributed by atoms with Crippen LogP contribution >= 0.6 is 11.3 Å². The van der Waals surface area contributed by atoms with Crippen LogP contribution in [0.4, 0.5) is 0 Å². The minimum atomic E-state index is 0.675. The average molecular weight is 695 g/mol. The molecule has 0 aliphatic heterocycles. The van der Waals surface area contributed by atoms with Gasteiger partial charge in [-0.2, -0.15) is 0 Å². The molecule has 0 radical (unpaired) electrons. The minimum Gasteiger partial charge on any atom is -0.309 e. The summed E-state index contributed by atoms with van der Waals surface area (Å²) in [5.41, 5.74) is 12.5. The second kappa shape index (κ2) is 11.9. The zero-order valence-corrected chi connectivity index (χ0v) is 29.3. The smallest absolute Gasteiger partial charge is 0.236 e. The van der Waals surface area contributed by atoms with E-state index in [1.54, 1.807) is 11.3 Å². The van der Waals surface area contributed by atoms with Crippen LogP contribution in [0.25, 0.3) is 99.0 Å². The molecule has 53 heavy (non-hydrogen) atoms. The number of rotatable bonds is 5. The highest BCUT2D eigenvalue weighted by molar-refractivity contribution is 7.16. The molecule has 0 atom stereocenters. The summed E-state index contributed by atoms with van der Waals surface area (Å²) in [5.74, 6) is 0.675. The van der Waals surface area contributed by atoms with Crippen molar-refractivity contribution in [2.75, 3.05) is 0 Å². The fourth-order valence-corrected chi connectivity index (χ4v) is 8.78. The van der Waals surface area contributed by atoms with Gasteiger partial charge in [-0.3, -0.25) is 4.57 Å². The van der Waals surface area contributed by atoms with Crippen molar-refractivity contribution in [3.63, 3.8) is 0 Å². The Morgan fingerprint density at radius 2 is 0.906 bits per heavy atom. The van der Waals surface area contributed by atoms with Gasteiger partial charge in [-0.1, -0.05) is 115 Å². The van der Waals surface area contributed by atoms with Gasteiger partial charge >= 0.3 is 0 Å². The molecule has 0 spiro atoms. The molecule has 4 nitrogen and oxygen atoms in total. The molecule has 0 N–H and O–H groups in total. The van der Waals surface area contributed by atoms with Crippen LogP contribution in [0.3, 0.4) is 0 Å². The van der Waals surface area contributed by atoms with E-state index in [1.165, 1.54) is 54.8 Å².